The molecule has 18 heavy (non-hydrogen) atoms. The van der Waals surface area contributed by atoms with Gasteiger partial charge in [-0.15, -0.1) is 0 Å². The number of ether oxygens (including phenoxy) is 1. The van der Waals surface area contributed by atoms with Crippen molar-refractivity contribution in [3.8, 4) is 11.5 Å². The molecule has 0 radical (unpaired) electrons. The molecule has 0 unspecified atom stereocenters. The van der Waals surface area contributed by atoms with Crippen molar-refractivity contribution in [1.82, 2.24) is 0 Å². The van der Waals surface area contributed by atoms with E-state index >= 15 is 0 Å². The number of phenolic OH excluding ortho intramolecular Hbond substituents is 1. The smallest absolute Gasteiger partial charge is 0.155 e. The van der Waals surface area contributed by atoms with E-state index in [-0.39, 0.29) is 16.9 Å². The maximum absolute atomic E-state index is 11.4. The minimum atomic E-state index is -0.0672. The second-order valence-corrected chi connectivity index (χ2v) is 5.14. The van der Waals surface area contributed by atoms with Gasteiger partial charge in [-0.2, -0.15) is 0 Å². The zero-order chi connectivity index (χ0) is 12.8. The Morgan fingerprint density at radius 3 is 2.72 bits per heavy atom. The van der Waals surface area contributed by atoms with E-state index in [0.29, 0.717) is 6.42 Å². The molecule has 0 aromatic heterocycles. The number of rotatable bonds is 1. The van der Waals surface area contributed by atoms with Crippen LogP contribution in [0.4, 0.5) is 0 Å². The molecule has 3 heteroatoms. The van der Waals surface area contributed by atoms with Gasteiger partial charge in [-0.25, -0.2) is 0 Å². The zero-order valence-electron chi connectivity index (χ0n) is 10.4. The van der Waals surface area contributed by atoms with Crippen molar-refractivity contribution in [3.05, 3.63) is 35.4 Å². The van der Waals surface area contributed by atoms with Gasteiger partial charge < -0.3 is 9.84 Å². The van der Waals surface area contributed by atoms with E-state index in [4.69, 9.17) is 4.74 Å². The average molecular weight is 244 g/mol. The van der Waals surface area contributed by atoms with Crippen molar-refractivity contribution >= 4 is 5.78 Å². The molecule has 0 heterocycles. The van der Waals surface area contributed by atoms with Crippen LogP contribution in [0.3, 0.4) is 0 Å². The number of carbonyl (C=O) groups is 1. The lowest BCUT2D eigenvalue weighted by Gasteiger charge is -2.30. The molecule has 1 atom stereocenters. The highest BCUT2D eigenvalue weighted by Gasteiger charge is 2.41. The Bertz CT molecular complexity index is 545. The highest BCUT2D eigenvalue weighted by atomic mass is 16.5. The molecule has 3 rings (SSSR count). The third kappa shape index (κ3) is 1.54. The standard InChI is InChI=1S/C15H16O3/c1-18-13-9-12(17)8-10-2-5-15(14(10)13)6-3-11(16)4-7-15/h3,6,8-9,17H,2,4-5,7H2,1H3/t15-/m1/s1. The summed E-state index contributed by atoms with van der Waals surface area (Å²) >= 11 is 0. The monoisotopic (exact) mass is 244 g/mol. The highest BCUT2D eigenvalue weighted by molar-refractivity contribution is 5.91. The largest absolute Gasteiger partial charge is 0.508 e. The molecule has 3 nitrogen and oxygen atoms in total. The Morgan fingerprint density at radius 2 is 2.06 bits per heavy atom. The van der Waals surface area contributed by atoms with Gasteiger partial charge in [-0.1, -0.05) is 6.08 Å². The summed E-state index contributed by atoms with van der Waals surface area (Å²) in [5.41, 5.74) is 2.24. The summed E-state index contributed by atoms with van der Waals surface area (Å²) in [6.45, 7) is 0. The summed E-state index contributed by atoms with van der Waals surface area (Å²) in [6.07, 6.45) is 7.09. The van der Waals surface area contributed by atoms with Gasteiger partial charge in [0.25, 0.3) is 0 Å². The van der Waals surface area contributed by atoms with Crippen LogP contribution in [0.15, 0.2) is 24.3 Å². The number of benzene rings is 1. The van der Waals surface area contributed by atoms with E-state index < -0.39 is 0 Å². The fourth-order valence-corrected chi connectivity index (χ4v) is 3.25. The SMILES string of the molecule is COc1cc(O)cc2c1[C@@]1(C=CC(=O)CC1)CC2. The Balaban J connectivity index is 2.16. The van der Waals surface area contributed by atoms with Gasteiger partial charge in [-0.3, -0.25) is 4.79 Å². The second kappa shape index (κ2) is 3.87. The maximum atomic E-state index is 11.4. The molecule has 1 aromatic carbocycles. The summed E-state index contributed by atoms with van der Waals surface area (Å²) in [7, 11) is 1.62. The molecular formula is C15H16O3. The van der Waals surface area contributed by atoms with Crippen LogP contribution in [0.1, 0.15) is 30.4 Å². The second-order valence-electron chi connectivity index (χ2n) is 5.14. The van der Waals surface area contributed by atoms with Gasteiger partial charge in [0.15, 0.2) is 5.78 Å². The van der Waals surface area contributed by atoms with Gasteiger partial charge in [0, 0.05) is 23.5 Å². The van der Waals surface area contributed by atoms with E-state index in [2.05, 4.69) is 0 Å². The van der Waals surface area contributed by atoms with Crippen LogP contribution >= 0.6 is 0 Å². The molecule has 1 N–H and O–H groups in total. The average Bonchev–Trinajstić information content (AvgIpc) is 2.71. The van der Waals surface area contributed by atoms with Gasteiger partial charge in [0.2, 0.25) is 0 Å². The molecule has 0 fully saturated rings. The minimum absolute atomic E-state index is 0.0672. The predicted octanol–water partition coefficient (Wildman–Crippen LogP) is 2.50. The summed E-state index contributed by atoms with van der Waals surface area (Å²) in [5.74, 6) is 1.19. The number of hydrogen-bond donors (Lipinski definition) is 1. The van der Waals surface area contributed by atoms with Crippen LogP contribution in [0.5, 0.6) is 11.5 Å². The molecule has 0 saturated heterocycles. The predicted molar refractivity (Wildman–Crippen MR) is 68.0 cm³/mol. The Kier molecular flexibility index (Phi) is 2.44. The highest BCUT2D eigenvalue weighted by Crippen LogP contribution is 2.50. The number of allylic oxidation sites excluding steroid dienone is 2. The van der Waals surface area contributed by atoms with Gasteiger partial charge >= 0.3 is 0 Å². The number of ketones is 1. The molecule has 1 aromatic rings. The molecule has 94 valence electrons. The molecule has 0 amide bonds. The van der Waals surface area contributed by atoms with Crippen LogP contribution in [-0.2, 0) is 16.6 Å². The Morgan fingerprint density at radius 1 is 1.28 bits per heavy atom. The summed E-state index contributed by atoms with van der Waals surface area (Å²) in [6, 6.07) is 3.48. The van der Waals surface area contributed by atoms with E-state index in [1.807, 2.05) is 12.1 Å². The fourth-order valence-electron chi connectivity index (χ4n) is 3.25. The van der Waals surface area contributed by atoms with Crippen molar-refractivity contribution in [3.63, 3.8) is 0 Å². The molecule has 1 spiro atoms. The number of aryl methyl sites for hydroxylation is 1. The third-order valence-electron chi connectivity index (χ3n) is 4.13. The first-order valence-electron chi connectivity index (χ1n) is 6.27. The van der Waals surface area contributed by atoms with E-state index in [1.54, 1.807) is 19.3 Å². The van der Waals surface area contributed by atoms with Gasteiger partial charge in [0.1, 0.15) is 11.5 Å². The van der Waals surface area contributed by atoms with Crippen molar-refractivity contribution in [2.24, 2.45) is 0 Å². The maximum Gasteiger partial charge on any atom is 0.155 e. The van der Waals surface area contributed by atoms with Gasteiger partial charge in [-0.05, 0) is 37.0 Å². The zero-order valence-corrected chi connectivity index (χ0v) is 10.4. The first-order valence-corrected chi connectivity index (χ1v) is 6.27. The lowest BCUT2D eigenvalue weighted by Crippen LogP contribution is -2.25. The van der Waals surface area contributed by atoms with Crippen molar-refractivity contribution in [1.29, 1.82) is 0 Å². The lowest BCUT2D eigenvalue weighted by atomic mass is 9.74. The lowest BCUT2D eigenvalue weighted by molar-refractivity contribution is -0.115. The molecule has 0 aliphatic heterocycles. The summed E-state index contributed by atoms with van der Waals surface area (Å²) < 4.78 is 5.41. The van der Waals surface area contributed by atoms with Crippen molar-refractivity contribution in [2.75, 3.05) is 7.11 Å². The van der Waals surface area contributed by atoms with E-state index in [1.165, 1.54) is 0 Å². The fraction of sp³-hybridized carbons (Fsp3) is 0.400. The third-order valence-corrected chi connectivity index (χ3v) is 4.13. The number of aromatic hydroxyl groups is 1. The molecule has 0 bridgehead atoms. The Labute approximate surface area is 106 Å². The number of fused-ring (bicyclic) bond motifs is 2. The number of methoxy groups -OCH3 is 1. The molecular weight excluding hydrogens is 228 g/mol. The number of hydrogen-bond acceptors (Lipinski definition) is 3. The normalized spacial score (nSPS) is 25.5. The molecule has 0 saturated carbocycles. The minimum Gasteiger partial charge on any atom is -0.508 e. The Hall–Kier alpha value is -1.77. The quantitative estimate of drug-likeness (QED) is 0.825. The first-order chi connectivity index (χ1) is 8.64. The van der Waals surface area contributed by atoms with E-state index in [0.717, 1.165) is 36.1 Å². The van der Waals surface area contributed by atoms with Crippen LogP contribution in [0, 0.1) is 0 Å². The molecule has 2 aliphatic carbocycles. The summed E-state index contributed by atoms with van der Waals surface area (Å²) in [4.78, 5) is 11.4. The van der Waals surface area contributed by atoms with Crippen LogP contribution in [0.25, 0.3) is 0 Å². The van der Waals surface area contributed by atoms with Crippen molar-refractivity contribution in [2.45, 2.75) is 31.1 Å². The van der Waals surface area contributed by atoms with Crippen LogP contribution in [-0.4, -0.2) is 18.0 Å². The van der Waals surface area contributed by atoms with Gasteiger partial charge in [0.05, 0.1) is 7.11 Å². The number of phenols is 1. The van der Waals surface area contributed by atoms with Crippen molar-refractivity contribution < 1.29 is 14.6 Å². The summed E-state index contributed by atoms with van der Waals surface area (Å²) in [5, 5.41) is 9.69. The van der Waals surface area contributed by atoms with E-state index in [9.17, 15) is 9.90 Å². The van der Waals surface area contributed by atoms with Crippen LogP contribution < -0.4 is 4.74 Å². The van der Waals surface area contributed by atoms with Crippen LogP contribution in [0.2, 0.25) is 0 Å². The molecule has 2 aliphatic rings. The number of carbonyl (C=O) groups excluding carboxylic acids is 1. The first kappa shape index (κ1) is 11.3. The topological polar surface area (TPSA) is 46.5 Å².